The summed E-state index contributed by atoms with van der Waals surface area (Å²) >= 11 is 0. The number of likely N-dealkylation sites (tertiary alicyclic amines) is 1. The second-order valence-corrected chi connectivity index (χ2v) is 12.4. The Kier molecular flexibility index (Phi) is 9.12. The Morgan fingerprint density at radius 3 is 2.58 bits per heavy atom. The fourth-order valence-corrected chi connectivity index (χ4v) is 6.50. The van der Waals surface area contributed by atoms with Crippen LogP contribution in [0.5, 0.6) is 0 Å². The molecule has 5 aromatic rings. The Morgan fingerprint density at radius 2 is 1.82 bits per heavy atom. The van der Waals surface area contributed by atoms with E-state index in [9.17, 15) is 14.0 Å². The van der Waals surface area contributed by atoms with E-state index in [1.807, 2.05) is 24.0 Å². The normalized spacial score (nSPS) is 18.0. The molecule has 0 saturated carbocycles. The van der Waals surface area contributed by atoms with Crippen LogP contribution in [0.4, 0.5) is 14.5 Å². The average Bonchev–Trinajstić information content (AvgIpc) is 3.77. The molecule has 14 heteroatoms. The van der Waals surface area contributed by atoms with Crippen molar-refractivity contribution in [1.82, 2.24) is 39.9 Å². The predicted octanol–water partition coefficient (Wildman–Crippen LogP) is 4.66. The Balaban J connectivity index is 0.981. The summed E-state index contributed by atoms with van der Waals surface area (Å²) in [5, 5.41) is 11.3. The number of aryl methyl sites for hydroxylation is 1. The second-order valence-electron chi connectivity index (χ2n) is 12.4. The maximum absolute atomic E-state index is 15.1. The Labute approximate surface area is 286 Å². The van der Waals surface area contributed by atoms with Gasteiger partial charge in [-0.05, 0) is 60.9 Å². The van der Waals surface area contributed by atoms with Gasteiger partial charge in [-0.25, -0.2) is 28.7 Å². The fourth-order valence-electron chi connectivity index (χ4n) is 6.50. The zero-order chi connectivity index (χ0) is 34.8. The van der Waals surface area contributed by atoms with Gasteiger partial charge in [0, 0.05) is 74.9 Å². The summed E-state index contributed by atoms with van der Waals surface area (Å²) in [6.07, 6.45) is 7.87. The molecule has 2 amide bonds. The molecule has 5 heterocycles. The van der Waals surface area contributed by atoms with Gasteiger partial charge in [0.25, 0.3) is 5.91 Å². The number of fused-ring (bicyclic) bond motifs is 1. The molecule has 1 atom stereocenters. The number of carbonyl (C=O) groups is 2. The third-order valence-corrected chi connectivity index (χ3v) is 9.33. The Morgan fingerprint density at radius 1 is 1.02 bits per heavy atom. The van der Waals surface area contributed by atoms with Crippen LogP contribution in [0.25, 0.3) is 39.3 Å². The summed E-state index contributed by atoms with van der Waals surface area (Å²) in [7, 11) is 1.50. The van der Waals surface area contributed by atoms with Crippen LogP contribution < -0.4 is 5.32 Å². The van der Waals surface area contributed by atoms with E-state index < -0.39 is 17.2 Å². The van der Waals surface area contributed by atoms with Crippen molar-refractivity contribution in [2.24, 2.45) is 0 Å². The van der Waals surface area contributed by atoms with Crippen LogP contribution >= 0.6 is 0 Å². The Bertz CT molecular complexity index is 2110. The monoisotopic (exact) mass is 679 g/mol. The summed E-state index contributed by atoms with van der Waals surface area (Å²) in [6.45, 7) is 3.42. The highest BCUT2D eigenvalue weighted by Crippen LogP contribution is 2.32. The van der Waals surface area contributed by atoms with E-state index in [0.717, 1.165) is 23.0 Å². The first-order valence-corrected chi connectivity index (χ1v) is 16.4. The van der Waals surface area contributed by atoms with Gasteiger partial charge in [0.15, 0.2) is 11.4 Å². The highest BCUT2D eigenvalue weighted by Gasteiger charge is 2.45. The van der Waals surface area contributed by atoms with Gasteiger partial charge in [0.2, 0.25) is 5.91 Å². The summed E-state index contributed by atoms with van der Waals surface area (Å²) < 4.78 is 35.8. The van der Waals surface area contributed by atoms with Crippen molar-refractivity contribution in [3.8, 4) is 22.8 Å². The van der Waals surface area contributed by atoms with Gasteiger partial charge in [0.05, 0.1) is 23.3 Å². The van der Waals surface area contributed by atoms with Crippen LogP contribution in [0.1, 0.15) is 31.2 Å². The van der Waals surface area contributed by atoms with E-state index in [4.69, 9.17) is 4.74 Å². The number of anilines is 1. The molecule has 256 valence electrons. The third-order valence-electron chi connectivity index (χ3n) is 9.33. The number of carbonyl (C=O) groups excluding carboxylic acids is 2. The van der Waals surface area contributed by atoms with E-state index in [2.05, 4.69) is 35.5 Å². The van der Waals surface area contributed by atoms with E-state index in [1.54, 1.807) is 35.4 Å². The van der Waals surface area contributed by atoms with Crippen LogP contribution in [0, 0.1) is 11.6 Å². The van der Waals surface area contributed by atoms with E-state index in [0.29, 0.717) is 60.8 Å². The number of rotatable bonds is 9. The molecule has 1 saturated heterocycles. The molecule has 0 aliphatic carbocycles. The zero-order valence-electron chi connectivity index (χ0n) is 27.6. The third kappa shape index (κ3) is 6.46. The van der Waals surface area contributed by atoms with Crippen LogP contribution in [-0.2, 0) is 20.7 Å². The largest absolute Gasteiger partial charge is 0.367 e. The number of amides is 2. The zero-order valence-corrected chi connectivity index (χ0v) is 27.6. The minimum Gasteiger partial charge on any atom is -0.367 e. The lowest BCUT2D eigenvalue weighted by Crippen LogP contribution is -2.48. The van der Waals surface area contributed by atoms with Gasteiger partial charge in [-0.15, -0.1) is 0 Å². The molecular weight excluding hydrogens is 644 g/mol. The van der Waals surface area contributed by atoms with Gasteiger partial charge in [-0.2, -0.15) is 5.10 Å². The molecule has 2 aliphatic rings. The molecule has 2 N–H and O–H groups in total. The number of aromatic amines is 1. The van der Waals surface area contributed by atoms with Gasteiger partial charge in [0.1, 0.15) is 23.2 Å². The number of halogens is 2. The van der Waals surface area contributed by atoms with Crippen molar-refractivity contribution in [2.75, 3.05) is 45.2 Å². The minimum absolute atomic E-state index is 0.0105. The first kappa shape index (κ1) is 33.0. The predicted molar refractivity (Wildman–Crippen MR) is 182 cm³/mol. The molecule has 12 nitrogen and oxygen atoms in total. The molecule has 0 bridgehead atoms. The maximum Gasteiger partial charge on any atom is 0.258 e. The van der Waals surface area contributed by atoms with Crippen LogP contribution in [-0.4, -0.2) is 97.2 Å². The summed E-state index contributed by atoms with van der Waals surface area (Å²) in [6, 6.07) is 11.2. The number of H-pyrrole nitrogens is 1. The number of aromatic nitrogens is 6. The molecule has 2 aromatic carbocycles. The van der Waals surface area contributed by atoms with E-state index >= 15 is 4.39 Å². The van der Waals surface area contributed by atoms with Crippen LogP contribution in [0.3, 0.4) is 0 Å². The van der Waals surface area contributed by atoms with Gasteiger partial charge >= 0.3 is 0 Å². The molecular formula is C36H35F2N9O3. The van der Waals surface area contributed by atoms with Gasteiger partial charge in [-0.3, -0.25) is 19.6 Å². The smallest absolute Gasteiger partial charge is 0.258 e. The van der Waals surface area contributed by atoms with Crippen molar-refractivity contribution >= 4 is 34.0 Å². The molecule has 3 aromatic heterocycles. The van der Waals surface area contributed by atoms with Crippen LogP contribution in [0.15, 0.2) is 67.1 Å². The lowest BCUT2D eigenvalue weighted by molar-refractivity contribution is -0.138. The minimum atomic E-state index is -1.15. The summed E-state index contributed by atoms with van der Waals surface area (Å²) in [4.78, 5) is 47.4. The van der Waals surface area contributed by atoms with E-state index in [1.165, 1.54) is 19.5 Å². The molecule has 0 radical (unpaired) electrons. The molecule has 0 unspecified atom stereocenters. The van der Waals surface area contributed by atoms with Crippen LogP contribution in [0.2, 0.25) is 0 Å². The molecule has 2 aliphatic heterocycles. The molecule has 7 rings (SSSR count). The quantitative estimate of drug-likeness (QED) is 0.228. The SMILES string of the molecule is CCc1nccc(-c2n[nH]c3ccc(NC(=O)[C@]4(OC)CCN(CC(=O)N5CC=C(c6cc(F)c(-c7ncccn7)cc6F)CC5)C4)cc23)n1. The fraction of sp³-hybridized carbons (Fsp3) is 0.306. The summed E-state index contributed by atoms with van der Waals surface area (Å²) in [5.74, 6) is -0.802. The lowest BCUT2D eigenvalue weighted by Gasteiger charge is -2.30. The highest BCUT2D eigenvalue weighted by atomic mass is 19.1. The first-order chi connectivity index (χ1) is 24.3. The second kappa shape index (κ2) is 13.8. The Hall–Kier alpha value is -5.47. The number of ether oxygens (including phenoxy) is 1. The van der Waals surface area contributed by atoms with Crippen molar-refractivity contribution in [2.45, 2.75) is 31.8 Å². The number of nitrogens with zero attached hydrogens (tertiary/aromatic N) is 7. The number of nitrogens with one attached hydrogen (secondary N) is 2. The maximum atomic E-state index is 15.1. The highest BCUT2D eigenvalue weighted by molar-refractivity contribution is 6.01. The lowest BCUT2D eigenvalue weighted by atomic mass is 9.97. The standard InChI is InChI=1S/C36H35F2N9O3/c1-3-31-39-13-7-30(43-31)33-26-17-23(5-6-29(26)44-45-33)42-35(49)36(50-2)10-16-46(21-36)20-32(48)47-14-8-22(9-15-47)24-18-28(38)25(19-27(24)37)34-40-11-4-12-41-34/h4-8,11-13,17-19H,3,9-10,14-16,20-21H2,1-2H3,(H,42,49)(H,44,45)/t36-/m0/s1. The number of hydrogen-bond donors (Lipinski definition) is 2. The first-order valence-electron chi connectivity index (χ1n) is 16.4. The van der Waals surface area contributed by atoms with Crippen molar-refractivity contribution < 1.29 is 23.1 Å². The molecule has 1 fully saturated rings. The average molecular weight is 680 g/mol. The van der Waals surface area contributed by atoms with Gasteiger partial charge in [-0.1, -0.05) is 13.0 Å². The van der Waals surface area contributed by atoms with Crippen molar-refractivity contribution in [3.63, 3.8) is 0 Å². The topological polar surface area (TPSA) is 142 Å². The molecule has 50 heavy (non-hydrogen) atoms. The number of hydrogen-bond acceptors (Lipinski definition) is 9. The van der Waals surface area contributed by atoms with Crippen molar-refractivity contribution in [3.05, 3.63) is 90.2 Å². The number of benzene rings is 2. The molecule has 0 spiro atoms. The summed E-state index contributed by atoms with van der Waals surface area (Å²) in [5.41, 5.74) is 2.36. The van der Waals surface area contributed by atoms with E-state index in [-0.39, 0.29) is 48.4 Å². The van der Waals surface area contributed by atoms with Crippen molar-refractivity contribution in [1.29, 1.82) is 0 Å². The number of methoxy groups -OCH3 is 1. The van der Waals surface area contributed by atoms with Gasteiger partial charge < -0.3 is 15.0 Å².